The molecule has 2 rings (SSSR count). The molecule has 23 heavy (non-hydrogen) atoms. The molecule has 0 radical (unpaired) electrons. The first kappa shape index (κ1) is 16.0. The molecule has 0 saturated carbocycles. The van der Waals surface area contributed by atoms with Crippen LogP contribution < -0.4 is 0 Å². The van der Waals surface area contributed by atoms with E-state index in [0.717, 1.165) is 0 Å². The lowest BCUT2D eigenvalue weighted by atomic mass is 10.1. The Hall–Kier alpha value is -3.40. The molecule has 0 unspecified atom stereocenters. The van der Waals surface area contributed by atoms with Crippen molar-refractivity contribution in [2.45, 2.75) is 6.92 Å². The Morgan fingerprint density at radius 2 is 2.13 bits per heavy atom. The van der Waals surface area contributed by atoms with Gasteiger partial charge < -0.3 is 9.30 Å². The van der Waals surface area contributed by atoms with E-state index >= 15 is 0 Å². The Balaban J connectivity index is 2.58. The van der Waals surface area contributed by atoms with Crippen LogP contribution in [0.3, 0.4) is 0 Å². The van der Waals surface area contributed by atoms with Crippen LogP contribution in [0, 0.1) is 21.4 Å². The molecule has 0 saturated heterocycles. The third kappa shape index (κ3) is 3.63. The number of nitro groups is 1. The number of ether oxygens (including phenoxy) is 1. The zero-order valence-corrected chi connectivity index (χ0v) is 12.3. The van der Waals surface area contributed by atoms with Crippen LogP contribution in [0.5, 0.6) is 0 Å². The van der Waals surface area contributed by atoms with E-state index in [1.54, 1.807) is 48.2 Å². The fourth-order valence-corrected chi connectivity index (χ4v) is 2.00. The molecule has 0 aliphatic carbocycles. The maximum Gasteiger partial charge on any atom is 0.348 e. The van der Waals surface area contributed by atoms with Crippen LogP contribution in [0.1, 0.15) is 12.5 Å². The average molecular weight is 311 g/mol. The van der Waals surface area contributed by atoms with E-state index in [1.807, 2.05) is 0 Å². The van der Waals surface area contributed by atoms with Gasteiger partial charge in [-0.05, 0) is 31.2 Å². The molecule has 0 atom stereocenters. The minimum Gasteiger partial charge on any atom is -0.462 e. The van der Waals surface area contributed by atoms with E-state index in [-0.39, 0.29) is 17.9 Å². The highest BCUT2D eigenvalue weighted by Crippen LogP contribution is 2.24. The second kappa shape index (κ2) is 7.04. The molecule has 7 nitrogen and oxygen atoms in total. The molecule has 1 aromatic carbocycles. The van der Waals surface area contributed by atoms with Crippen molar-refractivity contribution in [2.24, 2.45) is 0 Å². The van der Waals surface area contributed by atoms with E-state index in [0.29, 0.717) is 11.3 Å². The van der Waals surface area contributed by atoms with Gasteiger partial charge in [0.2, 0.25) is 0 Å². The SMILES string of the molecule is CCOC(=O)C(C#N)=Cc1cc([N+](=O)[O-])ccc1-n1cccc1. The van der Waals surface area contributed by atoms with E-state index in [2.05, 4.69) is 0 Å². The number of carbonyl (C=O) groups excluding carboxylic acids is 1. The predicted octanol–water partition coefficient (Wildman–Crippen LogP) is 2.86. The molecular formula is C16H13N3O4. The summed E-state index contributed by atoms with van der Waals surface area (Å²) in [6.07, 6.45) is 4.81. The molecule has 7 heteroatoms. The molecule has 0 amide bonds. The predicted molar refractivity (Wildman–Crippen MR) is 82.6 cm³/mol. The van der Waals surface area contributed by atoms with Crippen molar-refractivity contribution in [2.75, 3.05) is 6.61 Å². The van der Waals surface area contributed by atoms with Crippen molar-refractivity contribution in [3.63, 3.8) is 0 Å². The van der Waals surface area contributed by atoms with Gasteiger partial charge in [0, 0.05) is 30.1 Å². The van der Waals surface area contributed by atoms with Crippen LogP contribution in [0.2, 0.25) is 0 Å². The van der Waals surface area contributed by atoms with Crippen molar-refractivity contribution < 1.29 is 14.5 Å². The Bertz CT molecular complexity index is 801. The number of nitriles is 1. The van der Waals surface area contributed by atoms with E-state index in [9.17, 15) is 14.9 Å². The zero-order chi connectivity index (χ0) is 16.8. The van der Waals surface area contributed by atoms with Gasteiger partial charge in [-0.15, -0.1) is 0 Å². The summed E-state index contributed by atoms with van der Waals surface area (Å²) >= 11 is 0. The first-order valence-corrected chi connectivity index (χ1v) is 6.77. The topological polar surface area (TPSA) is 98.2 Å². The molecular weight excluding hydrogens is 298 g/mol. The van der Waals surface area contributed by atoms with Crippen molar-refractivity contribution in [1.82, 2.24) is 4.57 Å². The van der Waals surface area contributed by atoms with Gasteiger partial charge in [-0.3, -0.25) is 10.1 Å². The van der Waals surface area contributed by atoms with Gasteiger partial charge in [0.05, 0.1) is 17.2 Å². The number of nitrogens with zero attached hydrogens (tertiary/aromatic N) is 3. The first-order chi connectivity index (χ1) is 11.1. The highest BCUT2D eigenvalue weighted by molar-refractivity contribution is 5.98. The molecule has 0 bridgehead atoms. The minimum absolute atomic E-state index is 0.131. The fourth-order valence-electron chi connectivity index (χ4n) is 2.00. The number of non-ortho nitro benzene ring substituents is 1. The summed E-state index contributed by atoms with van der Waals surface area (Å²) in [6, 6.07) is 9.59. The highest BCUT2D eigenvalue weighted by Gasteiger charge is 2.15. The Morgan fingerprint density at radius 3 is 2.70 bits per heavy atom. The van der Waals surface area contributed by atoms with Crippen LogP contribution in [0.4, 0.5) is 5.69 Å². The van der Waals surface area contributed by atoms with E-state index in [1.165, 1.54) is 18.2 Å². The number of carbonyl (C=O) groups is 1. The van der Waals surface area contributed by atoms with Gasteiger partial charge >= 0.3 is 5.97 Å². The number of nitro benzene ring substituents is 1. The van der Waals surface area contributed by atoms with Gasteiger partial charge in [0.1, 0.15) is 11.6 Å². The molecule has 0 fully saturated rings. The van der Waals surface area contributed by atoms with Crippen LogP contribution in [0.25, 0.3) is 11.8 Å². The quantitative estimate of drug-likeness (QED) is 0.278. The van der Waals surface area contributed by atoms with Gasteiger partial charge in [0.15, 0.2) is 0 Å². The van der Waals surface area contributed by atoms with Crippen molar-refractivity contribution in [1.29, 1.82) is 5.26 Å². The number of benzene rings is 1. The van der Waals surface area contributed by atoms with Crippen molar-refractivity contribution >= 4 is 17.7 Å². The number of hydrogen-bond acceptors (Lipinski definition) is 5. The molecule has 0 N–H and O–H groups in total. The molecule has 1 heterocycles. The fraction of sp³-hybridized carbons (Fsp3) is 0.125. The van der Waals surface area contributed by atoms with Crippen LogP contribution >= 0.6 is 0 Å². The summed E-state index contributed by atoms with van der Waals surface area (Å²) < 4.78 is 6.54. The summed E-state index contributed by atoms with van der Waals surface area (Å²) in [5.41, 5.74) is 0.631. The standard InChI is InChI=1S/C16H13N3O4/c1-2-23-16(20)13(11-17)9-12-10-14(19(21)22)5-6-15(12)18-7-3-4-8-18/h3-10H,2H2,1H3. The second-order valence-corrected chi connectivity index (χ2v) is 4.48. The number of rotatable bonds is 5. The number of aromatic nitrogens is 1. The zero-order valence-electron chi connectivity index (χ0n) is 12.3. The summed E-state index contributed by atoms with van der Waals surface area (Å²) in [6.45, 7) is 1.77. The molecule has 2 aromatic rings. The smallest absolute Gasteiger partial charge is 0.348 e. The number of esters is 1. The second-order valence-electron chi connectivity index (χ2n) is 4.48. The van der Waals surface area contributed by atoms with E-state index in [4.69, 9.17) is 10.00 Å². The van der Waals surface area contributed by atoms with Crippen molar-refractivity contribution in [3.05, 3.63) is 64.0 Å². The maximum atomic E-state index is 11.7. The average Bonchev–Trinajstić information content (AvgIpc) is 3.06. The highest BCUT2D eigenvalue weighted by atomic mass is 16.6. The Labute approximate surface area is 132 Å². The molecule has 116 valence electrons. The van der Waals surface area contributed by atoms with Crippen LogP contribution in [-0.4, -0.2) is 22.1 Å². The van der Waals surface area contributed by atoms with Gasteiger partial charge in [0.25, 0.3) is 5.69 Å². The summed E-state index contributed by atoms with van der Waals surface area (Å²) in [5.74, 6) is -0.764. The lowest BCUT2D eigenvalue weighted by Crippen LogP contribution is -2.06. The Morgan fingerprint density at radius 1 is 1.43 bits per heavy atom. The molecule has 0 spiro atoms. The summed E-state index contributed by atoms with van der Waals surface area (Å²) in [7, 11) is 0. The lowest BCUT2D eigenvalue weighted by Gasteiger charge is -2.08. The van der Waals surface area contributed by atoms with Gasteiger partial charge in [-0.2, -0.15) is 5.26 Å². The molecule has 0 aliphatic heterocycles. The van der Waals surface area contributed by atoms with Crippen LogP contribution in [0.15, 0.2) is 48.3 Å². The van der Waals surface area contributed by atoms with Gasteiger partial charge in [-0.25, -0.2) is 4.79 Å². The van der Waals surface area contributed by atoms with Gasteiger partial charge in [-0.1, -0.05) is 0 Å². The first-order valence-electron chi connectivity index (χ1n) is 6.77. The molecule has 0 aliphatic rings. The minimum atomic E-state index is -0.764. The monoisotopic (exact) mass is 311 g/mol. The lowest BCUT2D eigenvalue weighted by molar-refractivity contribution is -0.384. The third-order valence-electron chi connectivity index (χ3n) is 3.02. The summed E-state index contributed by atoms with van der Waals surface area (Å²) in [4.78, 5) is 22.2. The van der Waals surface area contributed by atoms with Crippen molar-refractivity contribution in [3.8, 4) is 11.8 Å². The number of hydrogen-bond donors (Lipinski definition) is 0. The van der Waals surface area contributed by atoms with Crippen LogP contribution in [-0.2, 0) is 9.53 Å². The largest absolute Gasteiger partial charge is 0.462 e. The Kier molecular flexibility index (Phi) is 4.89. The summed E-state index contributed by atoms with van der Waals surface area (Å²) in [5, 5.41) is 20.1. The molecule has 1 aromatic heterocycles. The van der Waals surface area contributed by atoms with E-state index < -0.39 is 10.9 Å². The maximum absolute atomic E-state index is 11.7. The normalized spacial score (nSPS) is 10.9. The third-order valence-corrected chi connectivity index (χ3v) is 3.02.